The van der Waals surface area contributed by atoms with Crippen LogP contribution in [0, 0.1) is 0 Å². The summed E-state index contributed by atoms with van der Waals surface area (Å²) in [5, 5.41) is 3.74. The Morgan fingerprint density at radius 2 is 2.11 bits per heavy atom. The molecule has 0 saturated carbocycles. The van der Waals surface area contributed by atoms with Crippen LogP contribution in [0.2, 0.25) is 0 Å². The topological polar surface area (TPSA) is 18.5 Å². The fourth-order valence-corrected chi connectivity index (χ4v) is 2.64. The molecule has 1 N–H and O–H groups in total. The molecule has 0 aliphatic carbocycles. The molecule has 3 heteroatoms. The minimum absolute atomic E-state index is 0.592. The second-order valence-corrected chi connectivity index (χ2v) is 5.87. The summed E-state index contributed by atoms with van der Waals surface area (Å²) in [4.78, 5) is 4.97. The molecule has 0 bridgehead atoms. The van der Waals surface area contributed by atoms with E-state index >= 15 is 0 Å². The van der Waals surface area contributed by atoms with E-state index in [-0.39, 0.29) is 0 Å². The summed E-state index contributed by atoms with van der Waals surface area (Å²) in [6.45, 7) is 13.1. The molecule has 1 fully saturated rings. The summed E-state index contributed by atoms with van der Waals surface area (Å²) in [6.07, 6.45) is 3.55. The van der Waals surface area contributed by atoms with E-state index < -0.39 is 0 Å². The Kier molecular flexibility index (Phi) is 6.90. The lowest BCUT2D eigenvalue weighted by molar-refractivity contribution is 0.0853. The number of piperazine rings is 1. The Morgan fingerprint density at radius 1 is 1.39 bits per heavy atom. The van der Waals surface area contributed by atoms with Gasteiger partial charge in [0.2, 0.25) is 0 Å². The highest BCUT2D eigenvalue weighted by Gasteiger charge is 2.28. The summed E-state index contributed by atoms with van der Waals surface area (Å²) in [5.74, 6) is 0. The van der Waals surface area contributed by atoms with Crippen LogP contribution in [0.15, 0.2) is 12.2 Å². The van der Waals surface area contributed by atoms with Crippen molar-refractivity contribution in [2.75, 3.05) is 40.3 Å². The normalized spacial score (nSPS) is 24.1. The summed E-state index contributed by atoms with van der Waals surface area (Å²) >= 11 is 0. The number of nitrogens with zero attached hydrogens (tertiary/aromatic N) is 2. The molecular formula is C15H31N3. The first-order valence-electron chi connectivity index (χ1n) is 7.31. The molecule has 1 saturated heterocycles. The van der Waals surface area contributed by atoms with Gasteiger partial charge in [-0.05, 0) is 46.8 Å². The maximum absolute atomic E-state index is 4.03. The second-order valence-electron chi connectivity index (χ2n) is 5.87. The maximum Gasteiger partial charge on any atom is 0.0374 e. The van der Waals surface area contributed by atoms with Gasteiger partial charge in [0.05, 0.1) is 0 Å². The summed E-state index contributed by atoms with van der Waals surface area (Å²) in [6, 6.07) is 1.23. The van der Waals surface area contributed by atoms with Gasteiger partial charge in [0, 0.05) is 31.7 Å². The molecular weight excluding hydrogens is 222 g/mol. The largest absolute Gasteiger partial charge is 0.312 e. The molecule has 1 heterocycles. The van der Waals surface area contributed by atoms with E-state index in [4.69, 9.17) is 0 Å². The predicted molar refractivity (Wildman–Crippen MR) is 80.0 cm³/mol. The van der Waals surface area contributed by atoms with Crippen molar-refractivity contribution in [3.63, 3.8) is 0 Å². The van der Waals surface area contributed by atoms with Crippen LogP contribution in [0.25, 0.3) is 0 Å². The van der Waals surface area contributed by atoms with Crippen molar-refractivity contribution in [3.8, 4) is 0 Å². The van der Waals surface area contributed by atoms with Gasteiger partial charge in [-0.3, -0.25) is 4.90 Å². The van der Waals surface area contributed by atoms with Crippen molar-refractivity contribution in [1.82, 2.24) is 15.1 Å². The van der Waals surface area contributed by atoms with Gasteiger partial charge in [-0.1, -0.05) is 12.5 Å². The average Bonchev–Trinajstić information content (AvgIpc) is 2.32. The highest BCUT2D eigenvalue weighted by atomic mass is 15.3. The first-order valence-corrected chi connectivity index (χ1v) is 7.31. The third kappa shape index (κ3) is 5.09. The third-order valence-electron chi connectivity index (χ3n) is 3.90. The first-order chi connectivity index (χ1) is 8.54. The van der Waals surface area contributed by atoms with Crippen LogP contribution >= 0.6 is 0 Å². The predicted octanol–water partition coefficient (Wildman–Crippen LogP) is 1.96. The molecule has 1 aliphatic heterocycles. The minimum atomic E-state index is 0.592. The first kappa shape index (κ1) is 15.7. The molecule has 106 valence electrons. The fourth-order valence-electron chi connectivity index (χ4n) is 2.64. The average molecular weight is 253 g/mol. The van der Waals surface area contributed by atoms with Crippen molar-refractivity contribution in [2.24, 2.45) is 0 Å². The fraction of sp³-hybridized carbons (Fsp3) is 0.867. The number of allylic oxidation sites excluding steroid dienone is 1. The summed E-state index contributed by atoms with van der Waals surface area (Å²) in [7, 11) is 4.49. The van der Waals surface area contributed by atoms with Gasteiger partial charge in [-0.2, -0.15) is 0 Å². The van der Waals surface area contributed by atoms with Crippen molar-refractivity contribution in [2.45, 2.75) is 45.2 Å². The molecule has 2 unspecified atom stereocenters. The summed E-state index contributed by atoms with van der Waals surface area (Å²) < 4.78 is 0. The molecule has 0 spiro atoms. The number of likely N-dealkylation sites (N-methyl/N-ethyl adjacent to an activating group) is 2. The van der Waals surface area contributed by atoms with E-state index in [0.717, 1.165) is 13.0 Å². The number of rotatable bonds is 7. The molecule has 0 amide bonds. The van der Waals surface area contributed by atoms with Gasteiger partial charge in [0.15, 0.2) is 0 Å². The van der Waals surface area contributed by atoms with Crippen LogP contribution < -0.4 is 5.32 Å². The zero-order valence-electron chi connectivity index (χ0n) is 12.7. The van der Waals surface area contributed by atoms with E-state index in [1.165, 1.54) is 38.0 Å². The van der Waals surface area contributed by atoms with E-state index in [2.05, 4.69) is 49.6 Å². The quantitative estimate of drug-likeness (QED) is 0.700. The highest BCUT2D eigenvalue weighted by molar-refractivity contribution is 4.94. The lowest BCUT2D eigenvalue weighted by atomic mass is 9.97. The highest BCUT2D eigenvalue weighted by Crippen LogP contribution is 2.16. The van der Waals surface area contributed by atoms with Crippen molar-refractivity contribution < 1.29 is 0 Å². The van der Waals surface area contributed by atoms with Gasteiger partial charge < -0.3 is 10.2 Å². The molecule has 0 aromatic rings. The van der Waals surface area contributed by atoms with Crippen molar-refractivity contribution >= 4 is 0 Å². The third-order valence-corrected chi connectivity index (χ3v) is 3.90. The zero-order valence-corrected chi connectivity index (χ0v) is 12.7. The van der Waals surface area contributed by atoms with Crippen LogP contribution in [-0.4, -0.2) is 62.2 Å². The van der Waals surface area contributed by atoms with E-state index in [0.29, 0.717) is 12.1 Å². The smallest absolute Gasteiger partial charge is 0.0374 e. The van der Waals surface area contributed by atoms with Gasteiger partial charge in [0.25, 0.3) is 0 Å². The maximum atomic E-state index is 4.03. The molecule has 3 nitrogen and oxygen atoms in total. The van der Waals surface area contributed by atoms with Gasteiger partial charge in [0.1, 0.15) is 0 Å². The monoisotopic (exact) mass is 253 g/mol. The van der Waals surface area contributed by atoms with Crippen LogP contribution in [0.1, 0.15) is 33.1 Å². The second kappa shape index (κ2) is 7.93. The zero-order chi connectivity index (χ0) is 13.5. The van der Waals surface area contributed by atoms with Crippen LogP contribution in [-0.2, 0) is 0 Å². The lowest BCUT2D eigenvalue weighted by Crippen LogP contribution is -2.58. The molecule has 18 heavy (non-hydrogen) atoms. The van der Waals surface area contributed by atoms with Gasteiger partial charge in [-0.15, -0.1) is 6.58 Å². The molecule has 1 aliphatic rings. The number of nitrogens with one attached hydrogen (secondary N) is 1. The van der Waals surface area contributed by atoms with Gasteiger partial charge >= 0.3 is 0 Å². The molecule has 0 aromatic heterocycles. The molecule has 0 aromatic carbocycles. The molecule has 0 radical (unpaired) electrons. The Bertz CT molecular complexity index is 252. The number of hydrogen-bond acceptors (Lipinski definition) is 3. The number of hydrogen-bond donors (Lipinski definition) is 1. The van der Waals surface area contributed by atoms with Crippen LogP contribution in [0.4, 0.5) is 0 Å². The Morgan fingerprint density at radius 3 is 2.72 bits per heavy atom. The van der Waals surface area contributed by atoms with E-state index in [9.17, 15) is 0 Å². The Labute approximate surface area is 113 Å². The van der Waals surface area contributed by atoms with Crippen molar-refractivity contribution in [3.05, 3.63) is 12.2 Å². The van der Waals surface area contributed by atoms with E-state index in [1.807, 2.05) is 0 Å². The van der Waals surface area contributed by atoms with Crippen LogP contribution in [0.3, 0.4) is 0 Å². The molecule has 2 atom stereocenters. The summed E-state index contributed by atoms with van der Waals surface area (Å²) in [5.41, 5.74) is 1.30. The van der Waals surface area contributed by atoms with Gasteiger partial charge in [-0.25, -0.2) is 0 Å². The standard InChI is InChI=1S/C15H31N3/c1-6-9-16-14(8-7-13(2)3)15-12-17(4)10-11-18(15)5/h14-16H,2,6-12H2,1,3-5H3. The molecule has 1 rings (SSSR count). The lowest BCUT2D eigenvalue weighted by Gasteiger charge is -2.42. The van der Waals surface area contributed by atoms with Crippen molar-refractivity contribution in [1.29, 1.82) is 0 Å². The van der Waals surface area contributed by atoms with E-state index in [1.54, 1.807) is 0 Å². The minimum Gasteiger partial charge on any atom is -0.312 e. The van der Waals surface area contributed by atoms with Crippen LogP contribution in [0.5, 0.6) is 0 Å². The Balaban J connectivity index is 2.57. The Hall–Kier alpha value is -0.380. The SMILES string of the molecule is C=C(C)CCC(NCCC)C1CN(C)CCN1C.